The topological polar surface area (TPSA) is 80.9 Å². The Labute approximate surface area is 284 Å². The zero-order chi connectivity index (χ0) is 33.4. The molecule has 0 aromatic heterocycles. The summed E-state index contributed by atoms with van der Waals surface area (Å²) in [6, 6.07) is 43.4. The molecular weight excluding hydrogens is 611 g/mol. The molecule has 5 heteroatoms. The first-order valence-electron chi connectivity index (χ1n) is 16.4. The van der Waals surface area contributed by atoms with Crippen LogP contribution in [0.4, 0.5) is 0 Å². The number of hydrogen-bond donors (Lipinski definition) is 4. The maximum Gasteiger partial charge on any atom is 0.119 e. The van der Waals surface area contributed by atoms with Crippen LogP contribution in [0.3, 0.4) is 0 Å². The first kappa shape index (κ1) is 31.5. The van der Waals surface area contributed by atoms with Crippen LogP contribution in [0.5, 0.6) is 23.0 Å². The number of aromatic hydroxyl groups is 4. The summed E-state index contributed by atoms with van der Waals surface area (Å²) in [7, 11) is 2.87. The monoisotopic (exact) mass is 650 g/mol. The molecule has 1 aliphatic carbocycles. The number of fused-ring (bicyclic) bond motifs is 8. The zero-order valence-corrected chi connectivity index (χ0v) is 27.9. The van der Waals surface area contributed by atoms with E-state index in [2.05, 4.69) is 52.6 Å². The fourth-order valence-corrected chi connectivity index (χ4v) is 7.69. The van der Waals surface area contributed by atoms with Crippen LogP contribution >= 0.6 is 9.24 Å². The van der Waals surface area contributed by atoms with Crippen molar-refractivity contribution >= 4 is 9.24 Å². The maximum atomic E-state index is 11.5. The second-order valence-corrected chi connectivity index (χ2v) is 13.6. The molecule has 6 aromatic rings. The van der Waals surface area contributed by atoms with Crippen LogP contribution in [0.2, 0.25) is 0 Å². The van der Waals surface area contributed by atoms with Gasteiger partial charge >= 0.3 is 0 Å². The second-order valence-electron chi connectivity index (χ2n) is 13.0. The molecule has 0 radical (unpaired) electrons. The van der Waals surface area contributed by atoms with Crippen LogP contribution in [-0.4, -0.2) is 20.4 Å². The van der Waals surface area contributed by atoms with Crippen molar-refractivity contribution in [1.82, 2.24) is 0 Å². The third-order valence-electron chi connectivity index (χ3n) is 9.99. The summed E-state index contributed by atoms with van der Waals surface area (Å²) in [6.07, 6.45) is 1.27. The zero-order valence-electron chi connectivity index (χ0n) is 26.8. The lowest BCUT2D eigenvalue weighted by atomic mass is 9.79. The molecule has 8 bridgehead atoms. The van der Waals surface area contributed by atoms with Crippen molar-refractivity contribution in [3.63, 3.8) is 0 Å². The van der Waals surface area contributed by atoms with Gasteiger partial charge in [-0.15, -0.1) is 9.24 Å². The van der Waals surface area contributed by atoms with Gasteiger partial charge in [0.15, 0.2) is 0 Å². The van der Waals surface area contributed by atoms with Gasteiger partial charge in [-0.1, -0.05) is 116 Å². The third kappa shape index (κ3) is 6.17. The van der Waals surface area contributed by atoms with E-state index >= 15 is 0 Å². The Balaban J connectivity index is 1.51. The standard InChI is InChI=1S/C43H39O4P/c1-26-29-12-16-42(47)38(22-29)43(48)32-15-19-41(46)37(25-32)35(21-28-10-6-3-7-11-28)31-14-18-40(45)36(24-31)34(20-27-8-4-2-5-9-27)30-13-17-39(44)33(26)23-30/h2-19,22-26,34-35,43-47H,20-21,48H2,1H3. The minimum Gasteiger partial charge on any atom is -0.508 e. The van der Waals surface area contributed by atoms with Gasteiger partial charge in [-0.3, -0.25) is 0 Å². The molecule has 4 N–H and O–H groups in total. The molecule has 0 saturated carbocycles. The lowest BCUT2D eigenvalue weighted by Crippen LogP contribution is -2.11. The Morgan fingerprint density at radius 1 is 0.438 bits per heavy atom. The molecule has 48 heavy (non-hydrogen) atoms. The first-order chi connectivity index (χ1) is 23.3. The maximum absolute atomic E-state index is 11.5. The van der Waals surface area contributed by atoms with Gasteiger partial charge in [0.2, 0.25) is 0 Å². The minimum atomic E-state index is -0.257. The molecule has 7 rings (SSSR count). The number of phenolic OH excluding ortho intramolecular Hbond substituents is 4. The van der Waals surface area contributed by atoms with E-state index in [4.69, 9.17) is 0 Å². The quantitative estimate of drug-likeness (QED) is 0.143. The normalized spacial score (nSPS) is 18.7. The molecule has 240 valence electrons. The van der Waals surface area contributed by atoms with Crippen molar-refractivity contribution in [2.75, 3.05) is 0 Å². The summed E-state index contributed by atoms with van der Waals surface area (Å²) in [5, 5.41) is 45.3. The Kier molecular flexibility index (Phi) is 8.69. The predicted octanol–water partition coefficient (Wildman–Crippen LogP) is 9.69. The molecule has 5 atom stereocenters. The van der Waals surface area contributed by atoms with Gasteiger partial charge < -0.3 is 20.4 Å². The van der Waals surface area contributed by atoms with E-state index in [9.17, 15) is 20.4 Å². The van der Waals surface area contributed by atoms with Gasteiger partial charge in [0.25, 0.3) is 0 Å². The van der Waals surface area contributed by atoms with Crippen LogP contribution in [0.1, 0.15) is 86.0 Å². The van der Waals surface area contributed by atoms with E-state index in [1.807, 2.05) is 72.8 Å². The molecule has 0 amide bonds. The van der Waals surface area contributed by atoms with Crippen LogP contribution in [0, 0.1) is 0 Å². The largest absolute Gasteiger partial charge is 0.508 e. The highest BCUT2D eigenvalue weighted by Crippen LogP contribution is 2.45. The van der Waals surface area contributed by atoms with Crippen molar-refractivity contribution in [3.05, 3.63) is 189 Å². The molecule has 4 nitrogen and oxygen atoms in total. The van der Waals surface area contributed by atoms with Crippen molar-refractivity contribution in [1.29, 1.82) is 0 Å². The number of rotatable bonds is 4. The lowest BCUT2D eigenvalue weighted by molar-refractivity contribution is 0.461. The third-order valence-corrected chi connectivity index (χ3v) is 10.7. The lowest BCUT2D eigenvalue weighted by Gasteiger charge is -2.26. The number of phenols is 4. The van der Waals surface area contributed by atoms with E-state index in [-0.39, 0.29) is 46.4 Å². The number of benzene rings is 6. The fraction of sp³-hybridized carbons (Fsp3) is 0.163. The van der Waals surface area contributed by atoms with Gasteiger partial charge in [-0.25, -0.2) is 0 Å². The molecule has 0 aliphatic heterocycles. The van der Waals surface area contributed by atoms with Gasteiger partial charge in [-0.05, 0) is 70.5 Å². The Morgan fingerprint density at radius 3 is 1.33 bits per heavy atom. The molecule has 0 saturated heterocycles. The van der Waals surface area contributed by atoms with Gasteiger partial charge in [-0.2, -0.15) is 0 Å². The molecular formula is C43H39O4P. The summed E-state index contributed by atoms with van der Waals surface area (Å²) in [5.41, 5.74) is 8.94. The van der Waals surface area contributed by atoms with Gasteiger partial charge in [0, 0.05) is 45.7 Å². The van der Waals surface area contributed by atoms with E-state index in [0.29, 0.717) is 12.8 Å². The summed E-state index contributed by atoms with van der Waals surface area (Å²) < 4.78 is 0. The van der Waals surface area contributed by atoms with Crippen LogP contribution in [0.25, 0.3) is 0 Å². The molecule has 5 unspecified atom stereocenters. The molecule has 0 heterocycles. The Bertz CT molecular complexity index is 2040. The Hall–Kier alpha value is -5.05. The minimum absolute atomic E-state index is 0.183. The summed E-state index contributed by atoms with van der Waals surface area (Å²) in [6.45, 7) is 2.06. The van der Waals surface area contributed by atoms with Gasteiger partial charge in [0.1, 0.15) is 23.0 Å². The number of hydrogen-bond acceptors (Lipinski definition) is 4. The van der Waals surface area contributed by atoms with Crippen molar-refractivity contribution in [3.8, 4) is 23.0 Å². The fourth-order valence-electron chi connectivity index (χ4n) is 7.22. The summed E-state index contributed by atoms with van der Waals surface area (Å²) in [5.74, 6) is 0.146. The van der Waals surface area contributed by atoms with E-state index in [1.165, 1.54) is 0 Å². The second kappa shape index (κ2) is 13.2. The average molecular weight is 651 g/mol. The Morgan fingerprint density at radius 2 is 0.812 bits per heavy atom. The average Bonchev–Trinajstić information content (AvgIpc) is 3.11. The highest BCUT2D eigenvalue weighted by Gasteiger charge is 2.27. The molecule has 0 fully saturated rings. The SMILES string of the molecule is CC1c2ccc(O)c(c2)C(P)c2ccc(O)c(c2)C(Cc2ccccc2)c2ccc(O)c(c2)C(Cc2ccccc2)c2ccc(O)c1c2. The highest BCUT2D eigenvalue weighted by molar-refractivity contribution is 7.17. The van der Waals surface area contributed by atoms with Crippen molar-refractivity contribution in [2.45, 2.75) is 43.2 Å². The summed E-state index contributed by atoms with van der Waals surface area (Å²) in [4.78, 5) is 0. The highest BCUT2D eigenvalue weighted by atomic mass is 31.0. The van der Waals surface area contributed by atoms with Gasteiger partial charge in [0.05, 0.1) is 0 Å². The van der Waals surface area contributed by atoms with E-state index < -0.39 is 0 Å². The summed E-state index contributed by atoms with van der Waals surface area (Å²) >= 11 is 0. The first-order valence-corrected chi connectivity index (χ1v) is 17.1. The smallest absolute Gasteiger partial charge is 0.119 e. The van der Waals surface area contributed by atoms with E-state index in [0.717, 1.165) is 55.6 Å². The van der Waals surface area contributed by atoms with Crippen molar-refractivity contribution in [2.24, 2.45) is 0 Å². The van der Waals surface area contributed by atoms with Crippen molar-refractivity contribution < 1.29 is 20.4 Å². The molecule has 6 aromatic carbocycles. The molecule has 0 spiro atoms. The van der Waals surface area contributed by atoms with Crippen LogP contribution < -0.4 is 0 Å². The van der Waals surface area contributed by atoms with Crippen LogP contribution in [-0.2, 0) is 12.8 Å². The molecule has 1 aliphatic rings. The van der Waals surface area contributed by atoms with Crippen LogP contribution in [0.15, 0.2) is 133 Å². The predicted molar refractivity (Wildman–Crippen MR) is 195 cm³/mol. The van der Waals surface area contributed by atoms with E-state index in [1.54, 1.807) is 24.3 Å².